The lowest BCUT2D eigenvalue weighted by Gasteiger charge is -2.06. The number of carbonyl (C=O) groups excluding carboxylic acids is 2. The van der Waals surface area contributed by atoms with Gasteiger partial charge in [0.1, 0.15) is 0 Å². The van der Waals surface area contributed by atoms with Gasteiger partial charge in [-0.25, -0.2) is 0 Å². The molecule has 1 aromatic rings. The summed E-state index contributed by atoms with van der Waals surface area (Å²) in [5.41, 5.74) is 6.13. The molecule has 0 aromatic carbocycles. The SMILES string of the molecule is Cc1cc(Cl)c(C(=O)NCCCCC(N)=O)cn1. The van der Waals surface area contributed by atoms with Crippen LogP contribution < -0.4 is 11.1 Å². The second-order valence-electron chi connectivity index (χ2n) is 3.98. The molecule has 0 saturated carbocycles. The highest BCUT2D eigenvalue weighted by atomic mass is 35.5. The monoisotopic (exact) mass is 269 g/mol. The van der Waals surface area contributed by atoms with E-state index >= 15 is 0 Å². The minimum absolute atomic E-state index is 0.258. The van der Waals surface area contributed by atoms with Gasteiger partial charge in [0, 0.05) is 24.9 Å². The molecule has 0 aliphatic carbocycles. The fraction of sp³-hybridized carbons (Fsp3) is 0.417. The largest absolute Gasteiger partial charge is 0.370 e. The van der Waals surface area contributed by atoms with Crippen LogP contribution in [0.3, 0.4) is 0 Å². The molecule has 0 aliphatic heterocycles. The number of aromatic nitrogens is 1. The molecule has 1 rings (SSSR count). The zero-order chi connectivity index (χ0) is 13.5. The molecule has 0 spiro atoms. The highest BCUT2D eigenvalue weighted by Crippen LogP contribution is 2.15. The van der Waals surface area contributed by atoms with Gasteiger partial charge in [0.2, 0.25) is 5.91 Å². The van der Waals surface area contributed by atoms with E-state index in [2.05, 4.69) is 10.3 Å². The summed E-state index contributed by atoms with van der Waals surface area (Å²) in [5.74, 6) is -0.585. The van der Waals surface area contributed by atoms with Crippen molar-refractivity contribution in [1.29, 1.82) is 0 Å². The van der Waals surface area contributed by atoms with Gasteiger partial charge in [-0.3, -0.25) is 14.6 Å². The van der Waals surface area contributed by atoms with Gasteiger partial charge in [0.05, 0.1) is 10.6 Å². The lowest BCUT2D eigenvalue weighted by molar-refractivity contribution is -0.118. The maximum Gasteiger partial charge on any atom is 0.254 e. The number of amides is 2. The number of carbonyl (C=O) groups is 2. The molecule has 0 saturated heterocycles. The Balaban J connectivity index is 2.39. The summed E-state index contributed by atoms with van der Waals surface area (Å²) in [6.07, 6.45) is 3.15. The zero-order valence-corrected chi connectivity index (χ0v) is 11.0. The number of aryl methyl sites for hydroxylation is 1. The minimum Gasteiger partial charge on any atom is -0.370 e. The molecule has 0 fully saturated rings. The Kier molecular flexibility index (Phi) is 5.58. The first-order chi connectivity index (χ1) is 8.50. The molecule has 5 nitrogen and oxygen atoms in total. The molecule has 98 valence electrons. The fourth-order valence-electron chi connectivity index (χ4n) is 1.41. The molecular formula is C12H16ClN3O2. The van der Waals surface area contributed by atoms with Crippen molar-refractivity contribution in [2.45, 2.75) is 26.2 Å². The van der Waals surface area contributed by atoms with Crippen LogP contribution in [0.1, 0.15) is 35.3 Å². The maximum absolute atomic E-state index is 11.7. The summed E-state index contributed by atoms with van der Waals surface area (Å²) < 4.78 is 0. The molecular weight excluding hydrogens is 254 g/mol. The topological polar surface area (TPSA) is 85.1 Å². The number of hydrogen-bond acceptors (Lipinski definition) is 3. The van der Waals surface area contributed by atoms with Crippen molar-refractivity contribution >= 4 is 23.4 Å². The molecule has 3 N–H and O–H groups in total. The van der Waals surface area contributed by atoms with E-state index in [4.69, 9.17) is 17.3 Å². The number of pyridine rings is 1. The summed E-state index contributed by atoms with van der Waals surface area (Å²) in [4.78, 5) is 26.3. The quantitative estimate of drug-likeness (QED) is 0.766. The van der Waals surface area contributed by atoms with Gasteiger partial charge in [-0.1, -0.05) is 11.6 Å². The number of nitrogens with one attached hydrogen (secondary N) is 1. The average molecular weight is 270 g/mol. The lowest BCUT2D eigenvalue weighted by atomic mass is 10.2. The first kappa shape index (κ1) is 14.4. The Morgan fingerprint density at radius 2 is 2.17 bits per heavy atom. The van der Waals surface area contributed by atoms with Gasteiger partial charge >= 0.3 is 0 Å². The molecule has 2 amide bonds. The Labute approximate surface area is 111 Å². The zero-order valence-electron chi connectivity index (χ0n) is 10.2. The standard InChI is InChI=1S/C12H16ClN3O2/c1-8-6-10(13)9(7-16-8)12(18)15-5-3-2-4-11(14)17/h6-7H,2-5H2,1H3,(H2,14,17)(H,15,18). The molecule has 0 atom stereocenters. The highest BCUT2D eigenvalue weighted by molar-refractivity contribution is 6.33. The number of unbranched alkanes of at least 4 members (excludes halogenated alkanes) is 1. The van der Waals surface area contributed by atoms with E-state index in [1.54, 1.807) is 13.0 Å². The van der Waals surface area contributed by atoms with Crippen molar-refractivity contribution in [3.8, 4) is 0 Å². The Bertz CT molecular complexity index is 449. The van der Waals surface area contributed by atoms with E-state index in [1.165, 1.54) is 6.20 Å². The first-order valence-electron chi connectivity index (χ1n) is 5.69. The van der Waals surface area contributed by atoms with E-state index < -0.39 is 0 Å². The molecule has 18 heavy (non-hydrogen) atoms. The van der Waals surface area contributed by atoms with Crippen LogP contribution in [0, 0.1) is 6.92 Å². The molecule has 0 radical (unpaired) electrons. The van der Waals surface area contributed by atoms with Crippen molar-refractivity contribution in [3.05, 3.63) is 28.5 Å². The van der Waals surface area contributed by atoms with E-state index in [0.29, 0.717) is 36.4 Å². The van der Waals surface area contributed by atoms with Crippen LogP contribution in [0.2, 0.25) is 5.02 Å². The van der Waals surface area contributed by atoms with Gasteiger partial charge in [0.15, 0.2) is 0 Å². The van der Waals surface area contributed by atoms with Gasteiger partial charge in [-0.05, 0) is 25.8 Å². The van der Waals surface area contributed by atoms with Crippen LogP contribution in [0.15, 0.2) is 12.3 Å². The van der Waals surface area contributed by atoms with Crippen LogP contribution >= 0.6 is 11.6 Å². The van der Waals surface area contributed by atoms with E-state index in [0.717, 1.165) is 5.69 Å². The highest BCUT2D eigenvalue weighted by Gasteiger charge is 2.10. The molecule has 6 heteroatoms. The molecule has 1 aromatic heterocycles. The smallest absolute Gasteiger partial charge is 0.254 e. The minimum atomic E-state index is -0.327. The van der Waals surface area contributed by atoms with Crippen molar-refractivity contribution in [3.63, 3.8) is 0 Å². The van der Waals surface area contributed by atoms with Gasteiger partial charge in [0.25, 0.3) is 5.91 Å². The number of hydrogen-bond donors (Lipinski definition) is 2. The second kappa shape index (κ2) is 6.96. The van der Waals surface area contributed by atoms with Crippen LogP contribution in [0.25, 0.3) is 0 Å². The second-order valence-corrected chi connectivity index (χ2v) is 4.39. The van der Waals surface area contributed by atoms with Crippen molar-refractivity contribution in [1.82, 2.24) is 10.3 Å². The van der Waals surface area contributed by atoms with Crippen LogP contribution in [0.5, 0.6) is 0 Å². The number of primary amides is 1. The van der Waals surface area contributed by atoms with Crippen LogP contribution in [-0.2, 0) is 4.79 Å². The van der Waals surface area contributed by atoms with E-state index in [9.17, 15) is 9.59 Å². The van der Waals surface area contributed by atoms with E-state index in [1.807, 2.05) is 0 Å². The fourth-order valence-corrected chi connectivity index (χ4v) is 1.71. The predicted molar refractivity (Wildman–Crippen MR) is 69.4 cm³/mol. The van der Waals surface area contributed by atoms with Crippen LogP contribution in [0.4, 0.5) is 0 Å². The van der Waals surface area contributed by atoms with Gasteiger partial charge < -0.3 is 11.1 Å². The third-order valence-electron chi connectivity index (χ3n) is 2.37. The number of rotatable bonds is 6. The summed E-state index contributed by atoms with van der Waals surface area (Å²) in [5, 5.41) is 3.10. The third kappa shape index (κ3) is 4.71. The van der Waals surface area contributed by atoms with Crippen molar-refractivity contribution in [2.75, 3.05) is 6.54 Å². The Morgan fingerprint density at radius 1 is 1.44 bits per heavy atom. The molecule has 0 bridgehead atoms. The summed E-state index contributed by atoms with van der Waals surface area (Å²) >= 11 is 5.94. The third-order valence-corrected chi connectivity index (χ3v) is 2.68. The van der Waals surface area contributed by atoms with Crippen LogP contribution in [-0.4, -0.2) is 23.3 Å². The lowest BCUT2D eigenvalue weighted by Crippen LogP contribution is -2.25. The number of halogens is 1. The summed E-state index contributed by atoms with van der Waals surface area (Å²) in [6.45, 7) is 2.29. The van der Waals surface area contributed by atoms with E-state index in [-0.39, 0.29) is 11.8 Å². The van der Waals surface area contributed by atoms with Crippen molar-refractivity contribution < 1.29 is 9.59 Å². The molecule has 0 unspecified atom stereocenters. The number of nitrogens with two attached hydrogens (primary N) is 1. The summed E-state index contributed by atoms with van der Waals surface area (Å²) in [6, 6.07) is 1.64. The normalized spacial score (nSPS) is 10.1. The summed E-state index contributed by atoms with van der Waals surface area (Å²) in [7, 11) is 0. The maximum atomic E-state index is 11.7. The van der Waals surface area contributed by atoms with Gasteiger partial charge in [-0.15, -0.1) is 0 Å². The predicted octanol–water partition coefficient (Wildman–Crippen LogP) is 1.43. The molecule has 1 heterocycles. The average Bonchev–Trinajstić information content (AvgIpc) is 2.27. The number of nitrogens with zero attached hydrogens (tertiary/aromatic N) is 1. The Morgan fingerprint density at radius 3 is 2.78 bits per heavy atom. The van der Waals surface area contributed by atoms with Crippen molar-refractivity contribution in [2.24, 2.45) is 5.73 Å². The Hall–Kier alpha value is -1.62. The molecule has 0 aliphatic rings. The first-order valence-corrected chi connectivity index (χ1v) is 6.07. The van der Waals surface area contributed by atoms with Gasteiger partial charge in [-0.2, -0.15) is 0 Å².